The second kappa shape index (κ2) is 13.4. The van der Waals surface area contributed by atoms with Crippen LogP contribution in [0.2, 0.25) is 0 Å². The zero-order valence-corrected chi connectivity index (χ0v) is 16.3. The zero-order chi connectivity index (χ0) is 17.6. The highest BCUT2D eigenvalue weighted by molar-refractivity contribution is 5.79. The molecule has 1 rings (SSSR count). The van der Waals surface area contributed by atoms with Crippen molar-refractivity contribution in [1.29, 1.82) is 0 Å². The van der Waals surface area contributed by atoms with E-state index in [-0.39, 0.29) is 0 Å². The molecular weight excluding hydrogens is 302 g/mol. The number of ether oxygens (including phenoxy) is 1. The van der Waals surface area contributed by atoms with Crippen molar-refractivity contribution in [3.8, 4) is 0 Å². The van der Waals surface area contributed by atoms with Gasteiger partial charge in [-0.15, -0.1) is 0 Å². The molecule has 1 aliphatic heterocycles. The first kappa shape index (κ1) is 21.2. The van der Waals surface area contributed by atoms with Crippen LogP contribution in [0.4, 0.5) is 0 Å². The lowest BCUT2D eigenvalue weighted by Gasteiger charge is -2.29. The Morgan fingerprint density at radius 2 is 2.00 bits per heavy atom. The van der Waals surface area contributed by atoms with Crippen LogP contribution in [0.25, 0.3) is 0 Å². The minimum absolute atomic E-state index is 0.778. The Morgan fingerprint density at radius 1 is 1.25 bits per heavy atom. The molecule has 1 fully saturated rings. The van der Waals surface area contributed by atoms with E-state index < -0.39 is 0 Å². The van der Waals surface area contributed by atoms with Gasteiger partial charge >= 0.3 is 0 Å². The lowest BCUT2D eigenvalue weighted by molar-refractivity contribution is 0.162. The molecule has 0 aromatic rings. The van der Waals surface area contributed by atoms with Crippen molar-refractivity contribution in [2.24, 2.45) is 10.9 Å². The summed E-state index contributed by atoms with van der Waals surface area (Å²) < 4.78 is 5.10. The van der Waals surface area contributed by atoms with E-state index >= 15 is 0 Å². The second-order valence-corrected chi connectivity index (χ2v) is 6.86. The molecule has 0 aromatic heterocycles. The molecule has 0 spiro atoms. The molecular formula is C18H39N5O. The summed E-state index contributed by atoms with van der Waals surface area (Å²) in [4.78, 5) is 9.54. The molecule has 1 aliphatic rings. The van der Waals surface area contributed by atoms with Crippen LogP contribution in [0, 0.1) is 5.92 Å². The molecule has 24 heavy (non-hydrogen) atoms. The third kappa shape index (κ3) is 10.1. The maximum Gasteiger partial charge on any atom is 0.191 e. The molecule has 0 radical (unpaired) electrons. The van der Waals surface area contributed by atoms with E-state index in [4.69, 9.17) is 9.73 Å². The van der Waals surface area contributed by atoms with E-state index in [0.29, 0.717) is 0 Å². The average molecular weight is 342 g/mol. The number of hydrogen-bond donors (Lipinski definition) is 2. The number of piperidine rings is 1. The molecule has 6 nitrogen and oxygen atoms in total. The van der Waals surface area contributed by atoms with Crippen LogP contribution in [-0.4, -0.2) is 88.9 Å². The van der Waals surface area contributed by atoms with E-state index in [0.717, 1.165) is 57.6 Å². The van der Waals surface area contributed by atoms with Crippen molar-refractivity contribution in [3.05, 3.63) is 0 Å². The van der Waals surface area contributed by atoms with Gasteiger partial charge in [-0.25, -0.2) is 0 Å². The SMILES string of the molecule is CCNC(=NCCCN1CCC(C)CC1)NCCN(C)CCOC. The summed E-state index contributed by atoms with van der Waals surface area (Å²) in [5, 5.41) is 6.74. The van der Waals surface area contributed by atoms with Crippen LogP contribution in [0.15, 0.2) is 4.99 Å². The number of guanidine groups is 1. The van der Waals surface area contributed by atoms with Crippen molar-refractivity contribution in [2.45, 2.75) is 33.1 Å². The van der Waals surface area contributed by atoms with Gasteiger partial charge in [-0.05, 0) is 58.8 Å². The minimum Gasteiger partial charge on any atom is -0.383 e. The summed E-state index contributed by atoms with van der Waals surface area (Å²) in [7, 11) is 3.86. The Morgan fingerprint density at radius 3 is 2.67 bits per heavy atom. The summed E-state index contributed by atoms with van der Waals surface area (Å²) in [6, 6.07) is 0. The van der Waals surface area contributed by atoms with Crippen LogP contribution in [-0.2, 0) is 4.74 Å². The van der Waals surface area contributed by atoms with Crippen molar-refractivity contribution < 1.29 is 4.74 Å². The van der Waals surface area contributed by atoms with E-state index in [2.05, 4.69) is 41.3 Å². The largest absolute Gasteiger partial charge is 0.383 e. The topological polar surface area (TPSA) is 52.1 Å². The summed E-state index contributed by atoms with van der Waals surface area (Å²) >= 11 is 0. The zero-order valence-electron chi connectivity index (χ0n) is 16.3. The number of aliphatic imine (C=N–C) groups is 1. The Kier molecular flexibility index (Phi) is 11.9. The molecule has 1 heterocycles. The van der Waals surface area contributed by atoms with Gasteiger partial charge in [0.1, 0.15) is 0 Å². The number of likely N-dealkylation sites (tertiary alicyclic amines) is 1. The first-order valence-corrected chi connectivity index (χ1v) is 9.57. The molecule has 1 saturated heterocycles. The van der Waals surface area contributed by atoms with Crippen LogP contribution in [0.3, 0.4) is 0 Å². The van der Waals surface area contributed by atoms with E-state index in [1.54, 1.807) is 7.11 Å². The molecule has 0 bridgehead atoms. The normalized spacial score (nSPS) is 17.5. The Labute approximate surface area is 149 Å². The number of methoxy groups -OCH3 is 1. The molecule has 0 saturated carbocycles. The molecule has 2 N–H and O–H groups in total. The van der Waals surface area contributed by atoms with Gasteiger partial charge in [0.2, 0.25) is 0 Å². The van der Waals surface area contributed by atoms with Gasteiger partial charge in [0.05, 0.1) is 6.61 Å². The maximum absolute atomic E-state index is 5.10. The highest BCUT2D eigenvalue weighted by Gasteiger charge is 2.14. The monoisotopic (exact) mass is 341 g/mol. The minimum atomic E-state index is 0.778. The summed E-state index contributed by atoms with van der Waals surface area (Å²) in [6.45, 7) is 13.6. The third-order valence-corrected chi connectivity index (χ3v) is 4.59. The number of nitrogens with one attached hydrogen (secondary N) is 2. The standard InChI is InChI=1S/C18H39N5O/c1-5-19-18(21-10-14-22(3)15-16-24-4)20-9-6-11-23-12-7-17(2)8-13-23/h17H,5-16H2,1-4H3,(H2,19,20,21). The molecule has 0 atom stereocenters. The second-order valence-electron chi connectivity index (χ2n) is 6.86. The highest BCUT2D eigenvalue weighted by Crippen LogP contribution is 2.15. The van der Waals surface area contributed by atoms with Crippen LogP contribution < -0.4 is 10.6 Å². The van der Waals surface area contributed by atoms with Crippen molar-refractivity contribution >= 4 is 5.96 Å². The lowest BCUT2D eigenvalue weighted by atomic mass is 9.99. The van der Waals surface area contributed by atoms with Crippen molar-refractivity contribution in [3.63, 3.8) is 0 Å². The van der Waals surface area contributed by atoms with Gasteiger partial charge in [0.25, 0.3) is 0 Å². The van der Waals surface area contributed by atoms with Gasteiger partial charge in [0, 0.05) is 39.8 Å². The third-order valence-electron chi connectivity index (χ3n) is 4.59. The fourth-order valence-electron chi connectivity index (χ4n) is 2.84. The Bertz CT molecular complexity index is 329. The Balaban J connectivity index is 2.17. The summed E-state index contributed by atoms with van der Waals surface area (Å²) in [6.07, 6.45) is 3.84. The fraction of sp³-hybridized carbons (Fsp3) is 0.944. The first-order chi connectivity index (χ1) is 11.7. The van der Waals surface area contributed by atoms with E-state index in [1.165, 1.54) is 32.5 Å². The smallest absolute Gasteiger partial charge is 0.191 e. The van der Waals surface area contributed by atoms with Crippen LogP contribution >= 0.6 is 0 Å². The molecule has 0 amide bonds. The number of hydrogen-bond acceptors (Lipinski definition) is 4. The van der Waals surface area contributed by atoms with E-state index in [1.807, 2.05) is 0 Å². The number of rotatable bonds is 11. The molecule has 0 aliphatic carbocycles. The Hall–Kier alpha value is -0.850. The highest BCUT2D eigenvalue weighted by atomic mass is 16.5. The van der Waals surface area contributed by atoms with E-state index in [9.17, 15) is 0 Å². The first-order valence-electron chi connectivity index (χ1n) is 9.57. The van der Waals surface area contributed by atoms with Gasteiger partial charge in [-0.3, -0.25) is 4.99 Å². The molecule has 142 valence electrons. The number of likely N-dealkylation sites (N-methyl/N-ethyl adjacent to an activating group) is 1. The summed E-state index contributed by atoms with van der Waals surface area (Å²) in [5.74, 6) is 1.84. The quantitative estimate of drug-likeness (QED) is 0.336. The van der Waals surface area contributed by atoms with Crippen LogP contribution in [0.5, 0.6) is 0 Å². The molecule has 6 heteroatoms. The van der Waals surface area contributed by atoms with Gasteiger partial charge in [-0.1, -0.05) is 6.92 Å². The van der Waals surface area contributed by atoms with Crippen molar-refractivity contribution in [1.82, 2.24) is 20.4 Å². The average Bonchev–Trinajstić information content (AvgIpc) is 2.58. The van der Waals surface area contributed by atoms with Crippen LogP contribution in [0.1, 0.15) is 33.1 Å². The van der Waals surface area contributed by atoms with Crippen molar-refractivity contribution in [2.75, 3.05) is 73.1 Å². The van der Waals surface area contributed by atoms with Gasteiger partial charge < -0.3 is 25.2 Å². The predicted molar refractivity (Wildman–Crippen MR) is 103 cm³/mol. The summed E-state index contributed by atoms with van der Waals surface area (Å²) in [5.41, 5.74) is 0. The maximum atomic E-state index is 5.10. The molecule has 0 aromatic carbocycles. The van der Waals surface area contributed by atoms with Gasteiger partial charge in [-0.2, -0.15) is 0 Å². The fourth-order valence-corrected chi connectivity index (χ4v) is 2.84. The molecule has 0 unspecified atom stereocenters. The van der Waals surface area contributed by atoms with Gasteiger partial charge in [0.15, 0.2) is 5.96 Å². The number of nitrogens with zero attached hydrogens (tertiary/aromatic N) is 3. The lowest BCUT2D eigenvalue weighted by Crippen LogP contribution is -2.41. The predicted octanol–water partition coefficient (Wildman–Crippen LogP) is 1.24.